The normalized spacial score (nSPS) is 14.5. The predicted octanol–water partition coefficient (Wildman–Crippen LogP) is 2.64. The lowest BCUT2D eigenvalue weighted by atomic mass is 10.2. The molecule has 74 valence electrons. The fourth-order valence-corrected chi connectivity index (χ4v) is 1.85. The summed E-state index contributed by atoms with van der Waals surface area (Å²) in [5.41, 5.74) is 1.26. The SMILES string of the molecule is Cc1ccc([C@H](NO)C(F)(F)F)s1. The van der Waals surface area contributed by atoms with Crippen LogP contribution in [0.25, 0.3) is 0 Å². The molecule has 0 fully saturated rings. The van der Waals surface area contributed by atoms with Crippen molar-refractivity contribution in [3.05, 3.63) is 21.9 Å². The van der Waals surface area contributed by atoms with Crippen LogP contribution in [0.4, 0.5) is 13.2 Å². The summed E-state index contributed by atoms with van der Waals surface area (Å²) in [5, 5.41) is 8.36. The molecule has 6 heteroatoms. The van der Waals surface area contributed by atoms with Crippen molar-refractivity contribution in [1.29, 1.82) is 0 Å². The van der Waals surface area contributed by atoms with Gasteiger partial charge in [0.25, 0.3) is 0 Å². The number of hydrogen-bond acceptors (Lipinski definition) is 3. The number of alkyl halides is 3. The molecule has 0 unspecified atom stereocenters. The first-order valence-electron chi connectivity index (χ1n) is 3.48. The Morgan fingerprint density at radius 1 is 1.46 bits per heavy atom. The van der Waals surface area contributed by atoms with Crippen molar-refractivity contribution in [2.24, 2.45) is 0 Å². The molecule has 0 saturated heterocycles. The Morgan fingerprint density at radius 3 is 2.38 bits per heavy atom. The summed E-state index contributed by atoms with van der Waals surface area (Å²) in [6.07, 6.45) is -4.47. The quantitative estimate of drug-likeness (QED) is 0.737. The molecule has 2 N–H and O–H groups in total. The van der Waals surface area contributed by atoms with E-state index in [1.165, 1.54) is 11.5 Å². The topological polar surface area (TPSA) is 32.3 Å². The molecule has 0 aliphatic carbocycles. The first kappa shape index (κ1) is 10.5. The Balaban J connectivity index is 2.91. The molecule has 0 saturated carbocycles. The van der Waals surface area contributed by atoms with Crippen LogP contribution >= 0.6 is 11.3 Å². The number of thiophene rings is 1. The number of rotatable bonds is 2. The fraction of sp³-hybridized carbons (Fsp3) is 0.429. The number of hydrogen-bond donors (Lipinski definition) is 2. The van der Waals surface area contributed by atoms with Gasteiger partial charge in [-0.15, -0.1) is 11.3 Å². The average molecular weight is 211 g/mol. The minimum Gasteiger partial charge on any atom is -0.316 e. The number of hydroxylamine groups is 1. The van der Waals surface area contributed by atoms with Gasteiger partial charge < -0.3 is 5.21 Å². The van der Waals surface area contributed by atoms with Gasteiger partial charge >= 0.3 is 6.18 Å². The van der Waals surface area contributed by atoms with Crippen LogP contribution in [0.2, 0.25) is 0 Å². The molecule has 0 aromatic carbocycles. The van der Waals surface area contributed by atoms with Gasteiger partial charge in [-0.2, -0.15) is 18.7 Å². The third-order valence-electron chi connectivity index (χ3n) is 1.50. The van der Waals surface area contributed by atoms with Crippen molar-refractivity contribution in [3.63, 3.8) is 0 Å². The lowest BCUT2D eigenvalue weighted by Crippen LogP contribution is -2.31. The zero-order valence-electron chi connectivity index (χ0n) is 6.72. The van der Waals surface area contributed by atoms with Gasteiger partial charge in [0.2, 0.25) is 0 Å². The van der Waals surface area contributed by atoms with Gasteiger partial charge in [0, 0.05) is 9.75 Å². The standard InChI is InChI=1S/C7H8F3NOS/c1-4-2-3-5(13-4)6(11-12)7(8,9)10/h2-3,6,11-12H,1H3/t6-/m0/s1. The summed E-state index contributed by atoms with van der Waals surface area (Å²) in [6, 6.07) is 0.948. The highest BCUT2D eigenvalue weighted by molar-refractivity contribution is 7.12. The predicted molar refractivity (Wildman–Crippen MR) is 42.8 cm³/mol. The summed E-state index contributed by atoms with van der Waals surface area (Å²) in [5.74, 6) is 0. The molecule has 0 aliphatic rings. The van der Waals surface area contributed by atoms with Crippen molar-refractivity contribution in [2.75, 3.05) is 0 Å². The lowest BCUT2D eigenvalue weighted by molar-refractivity contribution is -0.177. The van der Waals surface area contributed by atoms with Crippen LogP contribution in [0.15, 0.2) is 12.1 Å². The van der Waals surface area contributed by atoms with Crippen LogP contribution in [0, 0.1) is 6.92 Å². The van der Waals surface area contributed by atoms with E-state index in [0.717, 1.165) is 16.2 Å². The van der Waals surface area contributed by atoms with Crippen molar-refractivity contribution < 1.29 is 18.4 Å². The molecule has 0 amide bonds. The molecule has 0 radical (unpaired) electrons. The smallest absolute Gasteiger partial charge is 0.316 e. The van der Waals surface area contributed by atoms with Crippen LogP contribution in [-0.2, 0) is 0 Å². The van der Waals surface area contributed by atoms with Crippen molar-refractivity contribution in [3.8, 4) is 0 Å². The second-order valence-electron chi connectivity index (χ2n) is 2.55. The molecule has 1 rings (SSSR count). The molecular weight excluding hydrogens is 203 g/mol. The lowest BCUT2D eigenvalue weighted by Gasteiger charge is -2.16. The second kappa shape index (κ2) is 3.65. The van der Waals surface area contributed by atoms with E-state index in [1.54, 1.807) is 13.0 Å². The Morgan fingerprint density at radius 2 is 2.08 bits per heavy atom. The molecule has 0 spiro atoms. The van der Waals surface area contributed by atoms with Gasteiger partial charge in [-0.3, -0.25) is 0 Å². The third-order valence-corrected chi connectivity index (χ3v) is 2.57. The molecular formula is C7H8F3NOS. The molecule has 0 aliphatic heterocycles. The maximum Gasteiger partial charge on any atom is 0.410 e. The molecule has 0 bridgehead atoms. The maximum atomic E-state index is 12.2. The zero-order chi connectivity index (χ0) is 10.1. The van der Waals surface area contributed by atoms with Gasteiger partial charge in [-0.25, -0.2) is 0 Å². The summed E-state index contributed by atoms with van der Waals surface area (Å²) in [6.45, 7) is 1.71. The highest BCUT2D eigenvalue weighted by Crippen LogP contribution is 2.35. The molecule has 1 heterocycles. The van der Waals surface area contributed by atoms with E-state index in [-0.39, 0.29) is 4.88 Å². The van der Waals surface area contributed by atoms with Gasteiger partial charge in [0.05, 0.1) is 0 Å². The van der Waals surface area contributed by atoms with Gasteiger partial charge in [0.15, 0.2) is 6.04 Å². The Kier molecular flexibility index (Phi) is 2.94. The molecule has 1 aromatic rings. The maximum absolute atomic E-state index is 12.2. The van der Waals surface area contributed by atoms with E-state index in [9.17, 15) is 13.2 Å². The highest BCUT2D eigenvalue weighted by Gasteiger charge is 2.41. The van der Waals surface area contributed by atoms with Crippen LogP contribution in [0.3, 0.4) is 0 Å². The number of halogens is 3. The Hall–Kier alpha value is -0.590. The summed E-state index contributed by atoms with van der Waals surface area (Å²) < 4.78 is 36.6. The minimum atomic E-state index is -4.47. The number of aryl methyl sites for hydroxylation is 1. The van der Waals surface area contributed by atoms with E-state index in [4.69, 9.17) is 5.21 Å². The van der Waals surface area contributed by atoms with E-state index in [2.05, 4.69) is 0 Å². The fourth-order valence-electron chi connectivity index (χ4n) is 0.907. The van der Waals surface area contributed by atoms with Crippen molar-refractivity contribution in [1.82, 2.24) is 5.48 Å². The van der Waals surface area contributed by atoms with Crippen LogP contribution in [0.5, 0.6) is 0 Å². The van der Waals surface area contributed by atoms with E-state index in [1.807, 2.05) is 0 Å². The molecule has 1 atom stereocenters. The van der Waals surface area contributed by atoms with E-state index >= 15 is 0 Å². The minimum absolute atomic E-state index is 0.0625. The van der Waals surface area contributed by atoms with E-state index in [0.29, 0.717) is 0 Å². The van der Waals surface area contributed by atoms with Gasteiger partial charge in [0.1, 0.15) is 0 Å². The highest BCUT2D eigenvalue weighted by atomic mass is 32.1. The Labute approximate surface area is 77.0 Å². The van der Waals surface area contributed by atoms with Crippen molar-refractivity contribution >= 4 is 11.3 Å². The van der Waals surface area contributed by atoms with Crippen LogP contribution < -0.4 is 5.48 Å². The second-order valence-corrected chi connectivity index (χ2v) is 3.87. The Bertz CT molecular complexity index is 284. The molecule has 1 aromatic heterocycles. The third kappa shape index (κ3) is 2.43. The molecule has 2 nitrogen and oxygen atoms in total. The van der Waals surface area contributed by atoms with E-state index < -0.39 is 12.2 Å². The van der Waals surface area contributed by atoms with Crippen LogP contribution in [0.1, 0.15) is 15.8 Å². The summed E-state index contributed by atoms with van der Waals surface area (Å²) in [4.78, 5) is 0.840. The first-order valence-corrected chi connectivity index (χ1v) is 4.29. The first-order chi connectivity index (χ1) is 5.95. The van der Waals surface area contributed by atoms with Gasteiger partial charge in [-0.1, -0.05) is 0 Å². The van der Waals surface area contributed by atoms with Gasteiger partial charge in [-0.05, 0) is 19.1 Å². The van der Waals surface area contributed by atoms with Crippen LogP contribution in [-0.4, -0.2) is 11.4 Å². The summed E-state index contributed by atoms with van der Waals surface area (Å²) >= 11 is 1.00. The summed E-state index contributed by atoms with van der Waals surface area (Å²) in [7, 11) is 0. The monoisotopic (exact) mass is 211 g/mol. The average Bonchev–Trinajstić information content (AvgIpc) is 2.34. The molecule has 13 heavy (non-hydrogen) atoms. The largest absolute Gasteiger partial charge is 0.410 e. The zero-order valence-corrected chi connectivity index (χ0v) is 7.54. The number of nitrogens with one attached hydrogen (secondary N) is 1. The van der Waals surface area contributed by atoms with Crippen molar-refractivity contribution in [2.45, 2.75) is 19.1 Å².